The average Bonchev–Trinajstić information content (AvgIpc) is 3.10. The topological polar surface area (TPSA) is 32.3 Å². The van der Waals surface area contributed by atoms with E-state index in [-0.39, 0.29) is 5.92 Å². The lowest BCUT2D eigenvalue weighted by Crippen LogP contribution is -2.42. The van der Waals surface area contributed by atoms with Crippen molar-refractivity contribution in [1.82, 2.24) is 10.2 Å². The zero-order valence-corrected chi connectivity index (χ0v) is 11.8. The fourth-order valence-corrected chi connectivity index (χ4v) is 3.86. The molecule has 0 unspecified atom stereocenters. The normalized spacial score (nSPS) is 32.8. The minimum Gasteiger partial charge on any atom is -0.352 e. The summed E-state index contributed by atoms with van der Waals surface area (Å²) in [5.41, 5.74) is 0. The molecule has 1 N–H and O–H groups in total. The maximum atomic E-state index is 12.2. The van der Waals surface area contributed by atoms with Crippen molar-refractivity contribution in [2.75, 3.05) is 13.1 Å². The highest BCUT2D eigenvalue weighted by atomic mass is 16.1. The van der Waals surface area contributed by atoms with Gasteiger partial charge < -0.3 is 5.32 Å². The highest BCUT2D eigenvalue weighted by molar-refractivity contribution is 5.79. The van der Waals surface area contributed by atoms with Crippen LogP contribution in [0, 0.1) is 5.92 Å². The van der Waals surface area contributed by atoms with E-state index < -0.39 is 0 Å². The Balaban J connectivity index is 1.45. The molecule has 1 heterocycles. The second-order valence-electron chi connectivity index (χ2n) is 6.41. The van der Waals surface area contributed by atoms with E-state index in [2.05, 4.69) is 22.4 Å². The summed E-state index contributed by atoms with van der Waals surface area (Å²) in [5, 5.41) is 3.29. The summed E-state index contributed by atoms with van der Waals surface area (Å²) >= 11 is 0. The second-order valence-corrected chi connectivity index (χ2v) is 6.41. The molecule has 19 heavy (non-hydrogen) atoms. The second kappa shape index (κ2) is 6.08. The van der Waals surface area contributed by atoms with Crippen molar-refractivity contribution in [2.24, 2.45) is 5.92 Å². The SMILES string of the molecule is O=C(N[C@H]1CCN(C2CCCC2)C1)[C@@H]1CC=CCC1. The number of carbonyl (C=O) groups excluding carboxylic acids is 1. The molecule has 1 amide bonds. The molecule has 0 radical (unpaired) electrons. The summed E-state index contributed by atoms with van der Waals surface area (Å²) < 4.78 is 0. The van der Waals surface area contributed by atoms with Crippen LogP contribution in [0.4, 0.5) is 0 Å². The number of rotatable bonds is 3. The maximum Gasteiger partial charge on any atom is 0.223 e. The van der Waals surface area contributed by atoms with E-state index in [1.807, 2.05) is 0 Å². The van der Waals surface area contributed by atoms with Gasteiger partial charge in [-0.25, -0.2) is 0 Å². The fraction of sp³-hybridized carbons (Fsp3) is 0.812. The number of likely N-dealkylation sites (tertiary alicyclic amines) is 1. The summed E-state index contributed by atoms with van der Waals surface area (Å²) in [6.07, 6.45) is 14.1. The van der Waals surface area contributed by atoms with Gasteiger partial charge in [0.25, 0.3) is 0 Å². The molecule has 0 spiro atoms. The number of nitrogens with one attached hydrogen (secondary N) is 1. The number of amides is 1. The summed E-state index contributed by atoms with van der Waals surface area (Å²) in [4.78, 5) is 14.8. The van der Waals surface area contributed by atoms with E-state index in [1.54, 1.807) is 0 Å². The lowest BCUT2D eigenvalue weighted by Gasteiger charge is -2.24. The van der Waals surface area contributed by atoms with Crippen LogP contribution in [-0.2, 0) is 4.79 Å². The molecule has 2 fully saturated rings. The molecule has 106 valence electrons. The van der Waals surface area contributed by atoms with Crippen molar-refractivity contribution in [3.05, 3.63) is 12.2 Å². The van der Waals surface area contributed by atoms with Gasteiger partial charge in [0.2, 0.25) is 5.91 Å². The van der Waals surface area contributed by atoms with E-state index in [4.69, 9.17) is 0 Å². The Hall–Kier alpha value is -0.830. The summed E-state index contributed by atoms with van der Waals surface area (Å²) in [7, 11) is 0. The predicted molar refractivity (Wildman–Crippen MR) is 76.9 cm³/mol. The van der Waals surface area contributed by atoms with Crippen LogP contribution in [0.15, 0.2) is 12.2 Å². The van der Waals surface area contributed by atoms with E-state index in [9.17, 15) is 4.79 Å². The molecule has 3 rings (SSSR count). The highest BCUT2D eigenvalue weighted by Gasteiger charge is 2.31. The van der Waals surface area contributed by atoms with Crippen molar-refractivity contribution < 1.29 is 4.79 Å². The molecule has 1 aliphatic heterocycles. The van der Waals surface area contributed by atoms with Gasteiger partial charge in [0.15, 0.2) is 0 Å². The zero-order chi connectivity index (χ0) is 13.1. The lowest BCUT2D eigenvalue weighted by atomic mass is 9.93. The van der Waals surface area contributed by atoms with Crippen LogP contribution in [0.5, 0.6) is 0 Å². The third-order valence-electron chi connectivity index (χ3n) is 5.05. The van der Waals surface area contributed by atoms with Crippen LogP contribution in [0.3, 0.4) is 0 Å². The molecule has 1 saturated heterocycles. The van der Waals surface area contributed by atoms with E-state index >= 15 is 0 Å². The number of nitrogens with zero attached hydrogens (tertiary/aromatic N) is 1. The molecular weight excluding hydrogens is 236 g/mol. The molecule has 2 aliphatic carbocycles. The minimum absolute atomic E-state index is 0.227. The van der Waals surface area contributed by atoms with E-state index in [0.717, 1.165) is 38.3 Å². The Bertz CT molecular complexity index is 347. The van der Waals surface area contributed by atoms with Gasteiger partial charge in [0.1, 0.15) is 0 Å². The number of allylic oxidation sites excluding steroid dienone is 2. The first-order valence-electron chi connectivity index (χ1n) is 8.02. The Morgan fingerprint density at radius 1 is 1.11 bits per heavy atom. The molecule has 0 bridgehead atoms. The van der Waals surface area contributed by atoms with Crippen LogP contribution in [-0.4, -0.2) is 36.0 Å². The third kappa shape index (κ3) is 3.19. The van der Waals surface area contributed by atoms with Crippen LogP contribution in [0.2, 0.25) is 0 Å². The molecule has 0 aromatic carbocycles. The molecule has 3 aliphatic rings. The van der Waals surface area contributed by atoms with Gasteiger partial charge in [-0.15, -0.1) is 0 Å². The Morgan fingerprint density at radius 2 is 1.95 bits per heavy atom. The van der Waals surface area contributed by atoms with Crippen molar-refractivity contribution in [2.45, 2.75) is 63.5 Å². The van der Waals surface area contributed by atoms with Crippen LogP contribution >= 0.6 is 0 Å². The lowest BCUT2D eigenvalue weighted by molar-refractivity contribution is -0.125. The molecule has 0 aromatic heterocycles. The highest BCUT2D eigenvalue weighted by Crippen LogP contribution is 2.27. The molecule has 1 saturated carbocycles. The zero-order valence-electron chi connectivity index (χ0n) is 11.8. The number of carbonyl (C=O) groups is 1. The third-order valence-corrected chi connectivity index (χ3v) is 5.05. The van der Waals surface area contributed by atoms with Gasteiger partial charge in [-0.1, -0.05) is 25.0 Å². The van der Waals surface area contributed by atoms with Crippen molar-refractivity contribution in [3.63, 3.8) is 0 Å². The van der Waals surface area contributed by atoms with Gasteiger partial charge in [-0.2, -0.15) is 0 Å². The Morgan fingerprint density at radius 3 is 2.68 bits per heavy atom. The summed E-state index contributed by atoms with van der Waals surface area (Å²) in [6, 6.07) is 1.21. The standard InChI is InChI=1S/C16H26N2O/c19-16(13-6-2-1-3-7-13)17-14-10-11-18(12-14)15-8-4-5-9-15/h1-2,13-15H,3-12H2,(H,17,19)/t13-,14+/m1/s1. The smallest absolute Gasteiger partial charge is 0.223 e. The predicted octanol–water partition coefficient (Wildman–Crippen LogP) is 2.48. The van der Waals surface area contributed by atoms with Crippen LogP contribution < -0.4 is 5.32 Å². The van der Waals surface area contributed by atoms with Crippen LogP contribution in [0.1, 0.15) is 51.4 Å². The van der Waals surface area contributed by atoms with Gasteiger partial charge >= 0.3 is 0 Å². The first-order valence-corrected chi connectivity index (χ1v) is 8.02. The van der Waals surface area contributed by atoms with Crippen molar-refractivity contribution in [3.8, 4) is 0 Å². The number of hydrogen-bond donors (Lipinski definition) is 1. The largest absolute Gasteiger partial charge is 0.352 e. The van der Waals surface area contributed by atoms with Gasteiger partial charge in [0, 0.05) is 31.1 Å². The quantitative estimate of drug-likeness (QED) is 0.793. The summed E-state index contributed by atoms with van der Waals surface area (Å²) in [6.45, 7) is 2.26. The molecule has 3 heteroatoms. The number of hydrogen-bond acceptors (Lipinski definition) is 2. The average molecular weight is 262 g/mol. The van der Waals surface area contributed by atoms with E-state index in [1.165, 1.54) is 32.2 Å². The van der Waals surface area contributed by atoms with Gasteiger partial charge in [-0.05, 0) is 38.5 Å². The minimum atomic E-state index is 0.227. The fourth-order valence-electron chi connectivity index (χ4n) is 3.86. The Labute approximate surface area is 116 Å². The van der Waals surface area contributed by atoms with E-state index in [0.29, 0.717) is 11.9 Å². The monoisotopic (exact) mass is 262 g/mol. The molecule has 3 nitrogen and oxygen atoms in total. The van der Waals surface area contributed by atoms with Gasteiger partial charge in [0.05, 0.1) is 0 Å². The van der Waals surface area contributed by atoms with Crippen LogP contribution in [0.25, 0.3) is 0 Å². The first-order chi connectivity index (χ1) is 9.33. The maximum absolute atomic E-state index is 12.2. The molecule has 2 atom stereocenters. The van der Waals surface area contributed by atoms with Gasteiger partial charge in [-0.3, -0.25) is 9.69 Å². The molecular formula is C16H26N2O. The first kappa shape index (κ1) is 13.2. The van der Waals surface area contributed by atoms with Crippen molar-refractivity contribution in [1.29, 1.82) is 0 Å². The molecule has 0 aromatic rings. The summed E-state index contributed by atoms with van der Waals surface area (Å²) in [5.74, 6) is 0.521. The Kier molecular flexibility index (Phi) is 4.21. The van der Waals surface area contributed by atoms with Crippen molar-refractivity contribution >= 4 is 5.91 Å².